The van der Waals surface area contributed by atoms with Crippen LogP contribution in [0.15, 0.2) is 23.1 Å². The lowest BCUT2D eigenvalue weighted by Crippen LogP contribution is -2.55. The van der Waals surface area contributed by atoms with E-state index in [0.29, 0.717) is 24.6 Å². The molecule has 0 radical (unpaired) electrons. The predicted molar refractivity (Wildman–Crippen MR) is 80.4 cm³/mol. The minimum atomic E-state index is -3.53. The van der Waals surface area contributed by atoms with Crippen LogP contribution in [0.4, 0.5) is 0 Å². The first-order chi connectivity index (χ1) is 9.88. The fourth-order valence-corrected chi connectivity index (χ4v) is 4.23. The van der Waals surface area contributed by atoms with E-state index < -0.39 is 10.0 Å². The molecule has 2 rings (SSSR count). The van der Waals surface area contributed by atoms with E-state index in [1.807, 2.05) is 13.8 Å². The Balaban J connectivity index is 2.35. The number of nitrogens with zero attached hydrogens (tertiary/aromatic N) is 1. The minimum absolute atomic E-state index is 0.128. The van der Waals surface area contributed by atoms with Crippen LogP contribution in [0.2, 0.25) is 0 Å². The van der Waals surface area contributed by atoms with Crippen molar-refractivity contribution in [3.8, 4) is 11.5 Å². The SMILES string of the molecule is COc1ccc(S(=O)(=O)N2C[C@@H](C)N[C@@H](C)C2)cc1OC. The molecule has 2 atom stereocenters. The molecule has 1 aromatic carbocycles. The average Bonchev–Trinajstić information content (AvgIpc) is 2.45. The lowest BCUT2D eigenvalue weighted by atomic mass is 10.2. The first kappa shape index (κ1) is 16.1. The van der Waals surface area contributed by atoms with Crippen molar-refractivity contribution in [3.05, 3.63) is 18.2 Å². The van der Waals surface area contributed by atoms with Gasteiger partial charge in [-0.1, -0.05) is 0 Å². The molecule has 1 N–H and O–H groups in total. The topological polar surface area (TPSA) is 67.9 Å². The molecule has 0 aliphatic carbocycles. The van der Waals surface area contributed by atoms with Crippen LogP contribution in [0.1, 0.15) is 13.8 Å². The summed E-state index contributed by atoms with van der Waals surface area (Å²) in [5, 5.41) is 3.32. The van der Waals surface area contributed by atoms with Crippen LogP contribution in [0.3, 0.4) is 0 Å². The van der Waals surface area contributed by atoms with Crippen LogP contribution >= 0.6 is 0 Å². The van der Waals surface area contributed by atoms with Crippen molar-refractivity contribution in [3.63, 3.8) is 0 Å². The zero-order valence-electron chi connectivity index (χ0n) is 12.8. The molecular formula is C14H22N2O4S. The van der Waals surface area contributed by atoms with Gasteiger partial charge in [-0.15, -0.1) is 0 Å². The zero-order chi connectivity index (χ0) is 15.6. The van der Waals surface area contributed by atoms with Gasteiger partial charge in [0.05, 0.1) is 19.1 Å². The Labute approximate surface area is 126 Å². The molecular weight excluding hydrogens is 292 g/mol. The molecule has 21 heavy (non-hydrogen) atoms. The summed E-state index contributed by atoms with van der Waals surface area (Å²) in [7, 11) is -0.519. The smallest absolute Gasteiger partial charge is 0.243 e. The van der Waals surface area contributed by atoms with Gasteiger partial charge in [0.25, 0.3) is 0 Å². The van der Waals surface area contributed by atoms with Gasteiger partial charge in [0.2, 0.25) is 10.0 Å². The number of benzene rings is 1. The number of hydrogen-bond donors (Lipinski definition) is 1. The normalized spacial score (nSPS) is 23.8. The van der Waals surface area contributed by atoms with Gasteiger partial charge in [0.1, 0.15) is 0 Å². The highest BCUT2D eigenvalue weighted by atomic mass is 32.2. The summed E-state index contributed by atoms with van der Waals surface area (Å²) in [6.45, 7) is 4.88. The molecule has 118 valence electrons. The van der Waals surface area contributed by atoms with Gasteiger partial charge in [-0.25, -0.2) is 8.42 Å². The quantitative estimate of drug-likeness (QED) is 0.900. The number of sulfonamides is 1. The average molecular weight is 314 g/mol. The Bertz CT molecular complexity index is 593. The predicted octanol–water partition coefficient (Wildman–Crippen LogP) is 1.07. The maximum atomic E-state index is 12.7. The number of nitrogens with one attached hydrogen (secondary N) is 1. The standard InChI is InChI=1S/C14H22N2O4S/c1-10-8-16(9-11(2)15-10)21(17,18)12-5-6-13(19-3)14(7-12)20-4/h5-7,10-11,15H,8-9H2,1-4H3/t10-,11+. The largest absolute Gasteiger partial charge is 0.493 e. The van der Waals surface area contributed by atoms with E-state index in [-0.39, 0.29) is 17.0 Å². The van der Waals surface area contributed by atoms with Crippen molar-refractivity contribution in [1.29, 1.82) is 0 Å². The minimum Gasteiger partial charge on any atom is -0.493 e. The maximum Gasteiger partial charge on any atom is 0.243 e. The Hall–Kier alpha value is -1.31. The van der Waals surface area contributed by atoms with Gasteiger partial charge in [-0.3, -0.25) is 0 Å². The monoisotopic (exact) mass is 314 g/mol. The summed E-state index contributed by atoms with van der Waals surface area (Å²) in [5.41, 5.74) is 0. The lowest BCUT2D eigenvalue weighted by Gasteiger charge is -2.35. The van der Waals surface area contributed by atoms with E-state index in [9.17, 15) is 8.42 Å². The zero-order valence-corrected chi connectivity index (χ0v) is 13.6. The molecule has 7 heteroatoms. The van der Waals surface area contributed by atoms with Crippen molar-refractivity contribution in [2.45, 2.75) is 30.8 Å². The molecule has 0 unspecified atom stereocenters. The molecule has 1 saturated heterocycles. The molecule has 1 aromatic rings. The molecule has 1 aliphatic rings. The summed E-state index contributed by atoms with van der Waals surface area (Å²) in [5.74, 6) is 0.924. The van der Waals surface area contributed by atoms with Crippen molar-refractivity contribution in [1.82, 2.24) is 9.62 Å². The van der Waals surface area contributed by atoms with E-state index >= 15 is 0 Å². The van der Waals surface area contributed by atoms with Crippen LogP contribution in [0, 0.1) is 0 Å². The highest BCUT2D eigenvalue weighted by Crippen LogP contribution is 2.31. The van der Waals surface area contributed by atoms with Crippen LogP contribution in [-0.4, -0.2) is 52.1 Å². The Morgan fingerprint density at radius 1 is 1.10 bits per heavy atom. The first-order valence-electron chi connectivity index (χ1n) is 6.86. The summed E-state index contributed by atoms with van der Waals surface area (Å²) in [4.78, 5) is 0.224. The molecule has 1 fully saturated rings. The molecule has 0 spiro atoms. The molecule has 0 saturated carbocycles. The third-order valence-electron chi connectivity index (χ3n) is 3.52. The Morgan fingerprint density at radius 2 is 1.67 bits per heavy atom. The van der Waals surface area contributed by atoms with Gasteiger partial charge in [-0.05, 0) is 26.0 Å². The lowest BCUT2D eigenvalue weighted by molar-refractivity contribution is 0.263. The number of piperazine rings is 1. The molecule has 0 bridgehead atoms. The molecule has 1 heterocycles. The third kappa shape index (κ3) is 3.30. The third-order valence-corrected chi connectivity index (χ3v) is 5.34. The number of methoxy groups -OCH3 is 2. The number of hydrogen-bond acceptors (Lipinski definition) is 5. The Kier molecular flexibility index (Phi) is 4.75. The van der Waals surface area contributed by atoms with Gasteiger partial charge in [-0.2, -0.15) is 4.31 Å². The van der Waals surface area contributed by atoms with E-state index in [4.69, 9.17) is 9.47 Å². The summed E-state index contributed by atoms with van der Waals surface area (Å²) >= 11 is 0. The summed E-state index contributed by atoms with van der Waals surface area (Å²) in [6.07, 6.45) is 0. The van der Waals surface area contributed by atoms with E-state index in [1.54, 1.807) is 12.1 Å². The van der Waals surface area contributed by atoms with E-state index in [2.05, 4.69) is 5.32 Å². The van der Waals surface area contributed by atoms with Gasteiger partial charge >= 0.3 is 0 Å². The van der Waals surface area contributed by atoms with Gasteiger partial charge < -0.3 is 14.8 Å². The second kappa shape index (κ2) is 6.21. The van der Waals surface area contributed by atoms with Crippen LogP contribution in [0.25, 0.3) is 0 Å². The highest BCUT2D eigenvalue weighted by Gasteiger charge is 2.31. The number of ether oxygens (including phenoxy) is 2. The summed E-state index contributed by atoms with van der Waals surface area (Å²) < 4.78 is 37.3. The second-order valence-electron chi connectivity index (χ2n) is 5.31. The molecule has 0 amide bonds. The molecule has 0 aromatic heterocycles. The Morgan fingerprint density at radius 3 is 2.19 bits per heavy atom. The maximum absolute atomic E-state index is 12.7. The van der Waals surface area contributed by atoms with Crippen molar-refractivity contribution < 1.29 is 17.9 Å². The van der Waals surface area contributed by atoms with Gasteiger partial charge in [0.15, 0.2) is 11.5 Å². The first-order valence-corrected chi connectivity index (χ1v) is 8.30. The van der Waals surface area contributed by atoms with Gasteiger partial charge in [0, 0.05) is 31.2 Å². The number of rotatable bonds is 4. The summed E-state index contributed by atoms with van der Waals surface area (Å²) in [6, 6.07) is 4.92. The fourth-order valence-electron chi connectivity index (χ4n) is 2.60. The fraction of sp³-hybridized carbons (Fsp3) is 0.571. The molecule has 1 aliphatic heterocycles. The van der Waals surface area contributed by atoms with Crippen molar-refractivity contribution in [2.24, 2.45) is 0 Å². The van der Waals surface area contributed by atoms with Crippen LogP contribution in [0.5, 0.6) is 11.5 Å². The van der Waals surface area contributed by atoms with Crippen molar-refractivity contribution >= 4 is 10.0 Å². The molecule has 6 nitrogen and oxygen atoms in total. The van der Waals surface area contributed by atoms with Crippen LogP contribution in [-0.2, 0) is 10.0 Å². The van der Waals surface area contributed by atoms with E-state index in [1.165, 1.54) is 24.6 Å². The van der Waals surface area contributed by atoms with Crippen LogP contribution < -0.4 is 14.8 Å². The van der Waals surface area contributed by atoms with Crippen molar-refractivity contribution in [2.75, 3.05) is 27.3 Å². The highest BCUT2D eigenvalue weighted by molar-refractivity contribution is 7.89. The van der Waals surface area contributed by atoms with E-state index in [0.717, 1.165) is 0 Å². The second-order valence-corrected chi connectivity index (χ2v) is 7.25.